The third-order valence-corrected chi connectivity index (χ3v) is 7.45. The van der Waals surface area contributed by atoms with Crippen molar-refractivity contribution in [1.82, 2.24) is 9.72 Å². The summed E-state index contributed by atoms with van der Waals surface area (Å²) in [7, 11) is 0. The Bertz CT molecular complexity index is 1780. The van der Waals surface area contributed by atoms with E-state index in [0.717, 1.165) is 27.9 Å². The second-order valence-electron chi connectivity index (χ2n) is 9.27. The average Bonchev–Trinajstić information content (AvgIpc) is 3.62. The molecule has 0 radical (unpaired) electrons. The van der Waals surface area contributed by atoms with Crippen molar-refractivity contribution >= 4 is 39.5 Å². The lowest BCUT2D eigenvalue weighted by Crippen LogP contribution is -2.25. The molecule has 0 saturated carbocycles. The molecule has 0 unspecified atom stereocenters. The number of benzene rings is 3. The zero-order valence-corrected chi connectivity index (χ0v) is 21.2. The van der Waals surface area contributed by atoms with Crippen molar-refractivity contribution in [1.29, 1.82) is 0 Å². The van der Waals surface area contributed by atoms with Gasteiger partial charge < -0.3 is 14.8 Å². The van der Waals surface area contributed by atoms with Crippen molar-refractivity contribution in [3.8, 4) is 11.1 Å². The molecule has 186 valence electrons. The number of rotatable bonds is 7. The molecule has 38 heavy (non-hydrogen) atoms. The lowest BCUT2D eigenvalue weighted by Gasteiger charge is -2.14. The molecule has 6 rings (SSSR count). The number of carboxylic acids is 1. The Balaban J connectivity index is 1.35. The molecule has 3 aromatic heterocycles. The Morgan fingerprint density at radius 3 is 2.34 bits per heavy atom. The molecule has 0 aliphatic rings. The minimum absolute atomic E-state index is 0.189. The summed E-state index contributed by atoms with van der Waals surface area (Å²) in [6, 6.07) is 31.6. The molecule has 3 heterocycles. The van der Waals surface area contributed by atoms with Gasteiger partial charge in [0.1, 0.15) is 5.69 Å². The maximum atomic E-state index is 13.6. The van der Waals surface area contributed by atoms with E-state index in [9.17, 15) is 9.59 Å². The third-order valence-electron chi connectivity index (χ3n) is 6.77. The van der Waals surface area contributed by atoms with E-state index in [-0.39, 0.29) is 11.5 Å². The van der Waals surface area contributed by atoms with Gasteiger partial charge in [0, 0.05) is 24.2 Å². The van der Waals surface area contributed by atoms with E-state index >= 15 is 0 Å². The highest BCUT2D eigenvalue weighted by atomic mass is 32.1. The van der Waals surface area contributed by atoms with Gasteiger partial charge in [0.05, 0.1) is 5.56 Å². The van der Waals surface area contributed by atoms with E-state index in [1.165, 1.54) is 16.3 Å². The van der Waals surface area contributed by atoms with E-state index in [4.69, 9.17) is 5.11 Å². The number of fused-ring (bicyclic) bond motifs is 2. The second kappa shape index (κ2) is 10.00. The first-order valence-electron chi connectivity index (χ1n) is 12.3. The Labute approximate surface area is 223 Å². The van der Waals surface area contributed by atoms with Gasteiger partial charge in [-0.25, -0.2) is 4.79 Å². The van der Waals surface area contributed by atoms with Gasteiger partial charge in [0.2, 0.25) is 0 Å². The number of nitrogens with one attached hydrogen (secondary N) is 1. The number of carboxylic acid groups (broad SMARTS) is 1. The highest BCUT2D eigenvalue weighted by Crippen LogP contribution is 2.28. The number of carbonyl (C=O) groups excluding carboxylic acids is 1. The van der Waals surface area contributed by atoms with Crippen molar-refractivity contribution in [2.75, 3.05) is 0 Å². The van der Waals surface area contributed by atoms with Crippen LogP contribution >= 0.6 is 11.3 Å². The zero-order chi connectivity index (χ0) is 26.1. The molecular formula is C32H24N2O3S. The van der Waals surface area contributed by atoms with Crippen LogP contribution in [-0.2, 0) is 13.0 Å². The van der Waals surface area contributed by atoms with E-state index < -0.39 is 5.97 Å². The van der Waals surface area contributed by atoms with Gasteiger partial charge >= 0.3 is 5.97 Å². The molecule has 1 amide bonds. The number of aromatic carboxylic acids is 1. The van der Waals surface area contributed by atoms with Gasteiger partial charge in [-0.2, -0.15) is 11.3 Å². The summed E-state index contributed by atoms with van der Waals surface area (Å²) in [5.74, 6) is -1.16. The summed E-state index contributed by atoms with van der Waals surface area (Å²) >= 11 is 1.62. The molecule has 0 saturated heterocycles. The highest BCUT2D eigenvalue weighted by Gasteiger charge is 2.16. The number of nitrogens with zero attached hydrogens (tertiary/aromatic N) is 1. The number of hydrogen-bond donors (Lipinski definition) is 2. The maximum absolute atomic E-state index is 13.6. The second-order valence-corrected chi connectivity index (χ2v) is 10.0. The van der Waals surface area contributed by atoms with Gasteiger partial charge in [-0.1, -0.05) is 54.6 Å². The van der Waals surface area contributed by atoms with Gasteiger partial charge in [-0.05, 0) is 86.3 Å². The summed E-state index contributed by atoms with van der Waals surface area (Å²) in [4.78, 5) is 24.7. The van der Waals surface area contributed by atoms with Crippen LogP contribution in [0.15, 0.2) is 108 Å². The molecule has 0 aliphatic heterocycles. The fourth-order valence-corrected chi connectivity index (χ4v) is 5.48. The molecule has 0 fully saturated rings. The van der Waals surface area contributed by atoms with Gasteiger partial charge in [-0.3, -0.25) is 4.79 Å². The molecule has 0 bridgehead atoms. The minimum atomic E-state index is -0.972. The van der Waals surface area contributed by atoms with Crippen LogP contribution in [0.4, 0.5) is 0 Å². The van der Waals surface area contributed by atoms with Crippen molar-refractivity contribution in [3.05, 3.63) is 136 Å². The van der Waals surface area contributed by atoms with E-state index in [1.807, 2.05) is 28.0 Å². The van der Waals surface area contributed by atoms with Crippen molar-refractivity contribution in [2.24, 2.45) is 0 Å². The molecule has 0 spiro atoms. The normalized spacial score (nSPS) is 11.2. The SMILES string of the molecule is O=C(O)c1ccc(CNC(=O)c2cc(-c3ccsc3)cc3ccc(Cc4ccc5ccccc5c4)n23)cc1. The van der Waals surface area contributed by atoms with Crippen LogP contribution in [0.25, 0.3) is 27.4 Å². The number of thiophene rings is 1. The largest absolute Gasteiger partial charge is 0.478 e. The predicted molar refractivity (Wildman–Crippen MR) is 152 cm³/mol. The van der Waals surface area contributed by atoms with Crippen LogP contribution in [0, 0.1) is 0 Å². The lowest BCUT2D eigenvalue weighted by atomic mass is 10.0. The average molecular weight is 517 g/mol. The standard InChI is InChI=1S/C32H24N2O3S/c35-31(33-19-21-5-9-24(10-6-21)32(36)37)30-18-27(26-13-14-38-20-26)17-29-12-11-28(34(29)30)16-22-7-8-23-3-1-2-4-25(23)15-22/h1-15,17-18,20H,16,19H2,(H,33,35)(H,36,37). The summed E-state index contributed by atoms with van der Waals surface area (Å²) in [5, 5.41) is 18.7. The summed E-state index contributed by atoms with van der Waals surface area (Å²) in [5.41, 5.74) is 6.84. The van der Waals surface area contributed by atoms with Crippen LogP contribution in [0.3, 0.4) is 0 Å². The minimum Gasteiger partial charge on any atom is -0.478 e. The molecule has 2 N–H and O–H groups in total. The third kappa shape index (κ3) is 4.69. The molecule has 5 nitrogen and oxygen atoms in total. The fourth-order valence-electron chi connectivity index (χ4n) is 4.81. The molecular weight excluding hydrogens is 492 g/mol. The van der Waals surface area contributed by atoms with E-state index in [0.29, 0.717) is 18.7 Å². The lowest BCUT2D eigenvalue weighted by molar-refractivity contribution is 0.0696. The predicted octanol–water partition coefficient (Wildman–Crippen LogP) is 7.04. The summed E-state index contributed by atoms with van der Waals surface area (Å²) in [6.07, 6.45) is 0.688. The van der Waals surface area contributed by atoms with Crippen LogP contribution in [-0.4, -0.2) is 21.4 Å². The topological polar surface area (TPSA) is 70.8 Å². The quantitative estimate of drug-likeness (QED) is 0.239. The number of aromatic nitrogens is 1. The Hall–Kier alpha value is -4.68. The first-order chi connectivity index (χ1) is 18.5. The first kappa shape index (κ1) is 23.7. The number of carbonyl (C=O) groups is 2. The van der Waals surface area contributed by atoms with E-state index in [2.05, 4.69) is 65.3 Å². The van der Waals surface area contributed by atoms with Gasteiger partial charge in [-0.15, -0.1) is 0 Å². The van der Waals surface area contributed by atoms with Crippen molar-refractivity contribution in [2.45, 2.75) is 13.0 Å². The molecule has 0 atom stereocenters. The number of hydrogen-bond acceptors (Lipinski definition) is 3. The zero-order valence-electron chi connectivity index (χ0n) is 20.4. The molecule has 6 aromatic rings. The van der Waals surface area contributed by atoms with Crippen LogP contribution in [0.5, 0.6) is 0 Å². The van der Waals surface area contributed by atoms with Crippen LogP contribution < -0.4 is 5.32 Å². The maximum Gasteiger partial charge on any atom is 0.335 e. The van der Waals surface area contributed by atoms with Crippen LogP contribution in [0.1, 0.15) is 37.7 Å². The van der Waals surface area contributed by atoms with Crippen molar-refractivity contribution in [3.63, 3.8) is 0 Å². The Morgan fingerprint density at radius 2 is 1.58 bits per heavy atom. The van der Waals surface area contributed by atoms with Gasteiger partial charge in [0.25, 0.3) is 5.91 Å². The number of amides is 1. The smallest absolute Gasteiger partial charge is 0.335 e. The fraction of sp³-hybridized carbons (Fsp3) is 0.0625. The monoisotopic (exact) mass is 516 g/mol. The Morgan fingerprint density at radius 1 is 0.789 bits per heavy atom. The summed E-state index contributed by atoms with van der Waals surface area (Å²) < 4.78 is 2.04. The molecule has 6 heteroatoms. The van der Waals surface area contributed by atoms with Crippen molar-refractivity contribution < 1.29 is 14.7 Å². The molecule has 0 aliphatic carbocycles. The Kier molecular flexibility index (Phi) is 6.23. The first-order valence-corrected chi connectivity index (χ1v) is 13.2. The van der Waals surface area contributed by atoms with Crippen LogP contribution in [0.2, 0.25) is 0 Å². The van der Waals surface area contributed by atoms with E-state index in [1.54, 1.807) is 35.6 Å². The molecule has 3 aromatic carbocycles. The van der Waals surface area contributed by atoms with Gasteiger partial charge in [0.15, 0.2) is 0 Å². The summed E-state index contributed by atoms with van der Waals surface area (Å²) in [6.45, 7) is 0.296. The number of pyridine rings is 1. The highest BCUT2D eigenvalue weighted by molar-refractivity contribution is 7.08.